The van der Waals surface area contributed by atoms with E-state index in [-0.39, 0.29) is 13.0 Å². The molecule has 0 bridgehead atoms. The minimum Gasteiger partial charge on any atom is -0.388 e. The molecule has 1 unspecified atom stereocenters. The van der Waals surface area contributed by atoms with Crippen molar-refractivity contribution in [1.82, 2.24) is 5.16 Å². The van der Waals surface area contributed by atoms with Gasteiger partial charge in [0.15, 0.2) is 10.6 Å². The summed E-state index contributed by atoms with van der Waals surface area (Å²) in [7, 11) is 0. The molecule has 36 heavy (non-hydrogen) atoms. The zero-order valence-electron chi connectivity index (χ0n) is 18.5. The maximum Gasteiger partial charge on any atom is 0.260 e. The molecule has 0 aliphatic heterocycles. The number of carbonyl (C=O) groups is 1. The summed E-state index contributed by atoms with van der Waals surface area (Å²) in [6, 6.07) is 19.3. The number of alkyl halides is 2. The predicted octanol–water partition coefficient (Wildman–Crippen LogP) is 7.71. The molecule has 1 N–H and O–H groups in total. The second kappa shape index (κ2) is 11.6. The number of halogens is 5. The van der Waals surface area contributed by atoms with Gasteiger partial charge in [-0.3, -0.25) is 4.79 Å². The van der Waals surface area contributed by atoms with Crippen LogP contribution in [0.15, 0.2) is 77.3 Å². The zero-order chi connectivity index (χ0) is 25.8. The maximum absolute atomic E-state index is 13.2. The Morgan fingerprint density at radius 2 is 1.67 bits per heavy atom. The molecule has 0 aliphatic rings. The SMILES string of the molecule is O=C(C(Cl)Cl)N(CCC(O)c1ccc(F)cc1)c1cccc(-c2cc(-c3c(Cl)cccc3Cl)no2)c1. The molecule has 3 aromatic carbocycles. The molecule has 0 radical (unpaired) electrons. The third kappa shape index (κ3) is 6.02. The number of amides is 1. The Morgan fingerprint density at radius 3 is 2.33 bits per heavy atom. The monoisotopic (exact) mass is 566 g/mol. The van der Waals surface area contributed by atoms with E-state index in [1.807, 2.05) is 0 Å². The number of carbonyl (C=O) groups excluding carboxylic acids is 1. The Bertz CT molecular complexity index is 1340. The molecule has 0 aliphatic carbocycles. The van der Waals surface area contributed by atoms with Crippen LogP contribution in [0.1, 0.15) is 18.1 Å². The fourth-order valence-electron chi connectivity index (χ4n) is 3.69. The number of aliphatic hydroxyl groups excluding tert-OH is 1. The van der Waals surface area contributed by atoms with Crippen molar-refractivity contribution in [2.45, 2.75) is 17.4 Å². The lowest BCUT2D eigenvalue weighted by atomic mass is 10.1. The van der Waals surface area contributed by atoms with E-state index in [9.17, 15) is 14.3 Å². The number of aliphatic hydroxyl groups is 1. The van der Waals surface area contributed by atoms with Crippen molar-refractivity contribution in [3.63, 3.8) is 0 Å². The Balaban J connectivity index is 1.59. The molecular weight excluding hydrogens is 549 g/mol. The normalized spacial score (nSPS) is 12.1. The molecule has 0 spiro atoms. The summed E-state index contributed by atoms with van der Waals surface area (Å²) < 4.78 is 18.7. The molecule has 1 heterocycles. The van der Waals surface area contributed by atoms with Crippen molar-refractivity contribution < 1.29 is 18.8 Å². The number of hydrogen-bond acceptors (Lipinski definition) is 4. The van der Waals surface area contributed by atoms with E-state index in [1.54, 1.807) is 48.5 Å². The summed E-state index contributed by atoms with van der Waals surface area (Å²) in [6.45, 7) is 0.105. The van der Waals surface area contributed by atoms with Gasteiger partial charge in [-0.2, -0.15) is 0 Å². The van der Waals surface area contributed by atoms with E-state index < -0.39 is 22.7 Å². The standard InChI is InChI=1S/C26H19Cl4FN2O3/c27-19-5-2-6-20(28)24(19)21-14-23(36-32-21)16-3-1-4-18(13-16)33(26(35)25(29)30)12-11-22(34)15-7-9-17(31)10-8-15/h1-10,13-14,22,25,34H,11-12H2. The first kappa shape index (κ1) is 26.5. The second-order valence-electron chi connectivity index (χ2n) is 7.87. The molecular formula is C26H19Cl4FN2O3. The molecule has 0 saturated carbocycles. The summed E-state index contributed by atoms with van der Waals surface area (Å²) in [6.07, 6.45) is -0.759. The molecule has 0 saturated heterocycles. The number of aromatic nitrogens is 1. The van der Waals surface area contributed by atoms with Crippen molar-refractivity contribution in [3.05, 3.63) is 94.2 Å². The summed E-state index contributed by atoms with van der Waals surface area (Å²) in [5.41, 5.74) is 2.66. The van der Waals surface area contributed by atoms with E-state index in [0.717, 1.165) is 0 Å². The Hall–Kier alpha value is -2.61. The number of nitrogens with zero attached hydrogens (tertiary/aromatic N) is 2. The van der Waals surface area contributed by atoms with Crippen LogP contribution in [-0.4, -0.2) is 27.6 Å². The van der Waals surface area contributed by atoms with Gasteiger partial charge in [0.25, 0.3) is 5.91 Å². The minimum atomic E-state index is -1.31. The number of anilines is 1. The Morgan fingerprint density at radius 1 is 1.00 bits per heavy atom. The Labute approximate surface area is 226 Å². The number of rotatable bonds is 8. The van der Waals surface area contributed by atoms with Crippen LogP contribution in [0.4, 0.5) is 10.1 Å². The molecule has 4 aromatic rings. The predicted molar refractivity (Wildman–Crippen MR) is 141 cm³/mol. The van der Waals surface area contributed by atoms with E-state index in [0.29, 0.717) is 43.9 Å². The summed E-state index contributed by atoms with van der Waals surface area (Å²) in [4.78, 5) is 12.9. The van der Waals surface area contributed by atoms with Crippen LogP contribution < -0.4 is 4.90 Å². The van der Waals surface area contributed by atoms with Crippen LogP contribution in [0.5, 0.6) is 0 Å². The van der Waals surface area contributed by atoms with Gasteiger partial charge in [-0.25, -0.2) is 4.39 Å². The van der Waals surface area contributed by atoms with Gasteiger partial charge >= 0.3 is 0 Å². The summed E-state index contributed by atoms with van der Waals surface area (Å²) >= 11 is 24.4. The second-order valence-corrected chi connectivity index (χ2v) is 9.78. The van der Waals surface area contributed by atoms with Gasteiger partial charge < -0.3 is 14.5 Å². The molecule has 4 rings (SSSR count). The van der Waals surface area contributed by atoms with E-state index in [1.165, 1.54) is 29.2 Å². The Kier molecular flexibility index (Phi) is 8.54. The average Bonchev–Trinajstić information content (AvgIpc) is 3.34. The molecule has 186 valence electrons. The largest absolute Gasteiger partial charge is 0.388 e. The van der Waals surface area contributed by atoms with Crippen LogP contribution in [-0.2, 0) is 4.79 Å². The third-order valence-electron chi connectivity index (χ3n) is 5.51. The van der Waals surface area contributed by atoms with Crippen LogP contribution in [0.25, 0.3) is 22.6 Å². The van der Waals surface area contributed by atoms with E-state index in [4.69, 9.17) is 50.9 Å². The van der Waals surface area contributed by atoms with Crippen molar-refractivity contribution >= 4 is 58.0 Å². The van der Waals surface area contributed by atoms with Crippen LogP contribution in [0, 0.1) is 5.82 Å². The lowest BCUT2D eigenvalue weighted by molar-refractivity contribution is -0.117. The van der Waals surface area contributed by atoms with E-state index in [2.05, 4.69) is 5.16 Å². The van der Waals surface area contributed by atoms with Crippen molar-refractivity contribution in [2.24, 2.45) is 0 Å². The highest BCUT2D eigenvalue weighted by atomic mass is 35.5. The van der Waals surface area contributed by atoms with Gasteiger partial charge in [-0.15, -0.1) is 0 Å². The summed E-state index contributed by atoms with van der Waals surface area (Å²) in [5.74, 6) is -0.531. The molecule has 1 amide bonds. The first-order valence-corrected chi connectivity index (χ1v) is 12.4. The fourth-order valence-corrected chi connectivity index (χ4v) is 4.51. The van der Waals surface area contributed by atoms with Crippen molar-refractivity contribution in [1.29, 1.82) is 0 Å². The van der Waals surface area contributed by atoms with Gasteiger partial charge in [-0.05, 0) is 48.4 Å². The molecule has 1 atom stereocenters. The number of hydrogen-bond donors (Lipinski definition) is 1. The first-order chi connectivity index (χ1) is 17.2. The van der Waals surface area contributed by atoms with Gasteiger partial charge in [-0.1, -0.05) is 81.9 Å². The molecule has 5 nitrogen and oxygen atoms in total. The maximum atomic E-state index is 13.2. The van der Waals surface area contributed by atoms with Gasteiger partial charge in [0.05, 0.1) is 16.1 Å². The lowest BCUT2D eigenvalue weighted by Crippen LogP contribution is -2.36. The minimum absolute atomic E-state index is 0.105. The topological polar surface area (TPSA) is 66.6 Å². The van der Waals surface area contributed by atoms with Crippen LogP contribution in [0.3, 0.4) is 0 Å². The highest BCUT2D eigenvalue weighted by molar-refractivity contribution is 6.54. The quantitative estimate of drug-likeness (QED) is 0.221. The van der Waals surface area contributed by atoms with Gasteiger partial charge in [0.1, 0.15) is 11.5 Å². The molecule has 0 fully saturated rings. The summed E-state index contributed by atoms with van der Waals surface area (Å²) in [5, 5.41) is 15.5. The zero-order valence-corrected chi connectivity index (χ0v) is 21.6. The highest BCUT2D eigenvalue weighted by Crippen LogP contribution is 2.36. The van der Waals surface area contributed by atoms with Gasteiger partial charge in [0.2, 0.25) is 0 Å². The fraction of sp³-hybridized carbons (Fsp3) is 0.154. The highest BCUT2D eigenvalue weighted by Gasteiger charge is 2.24. The first-order valence-electron chi connectivity index (χ1n) is 10.8. The van der Waals surface area contributed by atoms with Crippen molar-refractivity contribution in [2.75, 3.05) is 11.4 Å². The average molecular weight is 568 g/mol. The van der Waals surface area contributed by atoms with Crippen LogP contribution in [0.2, 0.25) is 10.0 Å². The smallest absolute Gasteiger partial charge is 0.260 e. The van der Waals surface area contributed by atoms with Crippen molar-refractivity contribution in [3.8, 4) is 22.6 Å². The molecule has 10 heteroatoms. The van der Waals surface area contributed by atoms with Crippen LogP contribution >= 0.6 is 46.4 Å². The van der Waals surface area contributed by atoms with Gasteiger partial charge in [0, 0.05) is 29.4 Å². The lowest BCUT2D eigenvalue weighted by Gasteiger charge is -2.25. The molecule has 1 aromatic heterocycles. The van der Waals surface area contributed by atoms with E-state index >= 15 is 0 Å². The number of benzene rings is 3. The third-order valence-corrected chi connectivity index (χ3v) is 6.51.